The second-order valence-electron chi connectivity index (χ2n) is 11.4. The number of methoxy groups -OCH3 is 1. The van der Waals surface area contributed by atoms with Crippen LogP contribution in [0.4, 0.5) is 11.4 Å². The van der Waals surface area contributed by atoms with Gasteiger partial charge in [0.1, 0.15) is 31.0 Å². The van der Waals surface area contributed by atoms with Crippen LogP contribution in [0.25, 0.3) is 0 Å². The lowest BCUT2D eigenvalue weighted by Crippen LogP contribution is -2.55. The molecule has 0 radical (unpaired) electrons. The molecule has 0 spiro atoms. The third-order valence-electron chi connectivity index (χ3n) is 7.89. The number of cyclic esters (lactones) is 1. The van der Waals surface area contributed by atoms with Crippen molar-refractivity contribution >= 4 is 41.0 Å². The van der Waals surface area contributed by atoms with E-state index in [2.05, 4.69) is 10.6 Å². The van der Waals surface area contributed by atoms with Crippen LogP contribution in [0.2, 0.25) is 0 Å². The lowest BCUT2D eigenvalue weighted by Gasteiger charge is -2.26. The Morgan fingerprint density at radius 2 is 1.62 bits per heavy atom. The van der Waals surface area contributed by atoms with Crippen molar-refractivity contribution in [3.63, 3.8) is 0 Å². The third-order valence-corrected chi connectivity index (χ3v) is 7.89. The van der Waals surface area contributed by atoms with Crippen molar-refractivity contribution in [3.8, 4) is 5.75 Å². The highest BCUT2D eigenvalue weighted by Gasteiger charge is 2.40. The molecule has 5 rings (SSSR count). The summed E-state index contributed by atoms with van der Waals surface area (Å²) in [6.07, 6.45) is -1.16. The van der Waals surface area contributed by atoms with Crippen molar-refractivity contribution < 1.29 is 43.3 Å². The van der Waals surface area contributed by atoms with Gasteiger partial charge in [0, 0.05) is 12.7 Å². The van der Waals surface area contributed by atoms with Gasteiger partial charge in [0.05, 0.1) is 30.9 Å². The minimum Gasteiger partial charge on any atom is -0.507 e. The molecular weight excluding hydrogens is 608 g/mol. The zero-order chi connectivity index (χ0) is 33.7. The van der Waals surface area contributed by atoms with Gasteiger partial charge in [0.25, 0.3) is 17.7 Å². The van der Waals surface area contributed by atoms with Crippen LogP contribution in [0.15, 0.2) is 66.7 Å². The van der Waals surface area contributed by atoms with Gasteiger partial charge in [-0.3, -0.25) is 28.9 Å². The molecule has 3 aromatic rings. The molecule has 3 N–H and O–H groups in total. The van der Waals surface area contributed by atoms with Gasteiger partial charge in [-0.2, -0.15) is 0 Å². The van der Waals surface area contributed by atoms with Crippen LogP contribution in [0.3, 0.4) is 0 Å². The Morgan fingerprint density at radius 3 is 2.30 bits per heavy atom. The molecule has 3 aromatic carbocycles. The Morgan fingerprint density at radius 1 is 0.957 bits per heavy atom. The van der Waals surface area contributed by atoms with Crippen LogP contribution < -0.4 is 20.4 Å². The van der Waals surface area contributed by atoms with Gasteiger partial charge in [-0.05, 0) is 54.8 Å². The number of hydrogen-bond acceptors (Lipinski definition) is 9. The summed E-state index contributed by atoms with van der Waals surface area (Å²) in [5, 5.41) is 15.6. The molecule has 2 aliphatic rings. The average molecular weight is 645 g/mol. The van der Waals surface area contributed by atoms with Gasteiger partial charge in [0.15, 0.2) is 0 Å². The minimum atomic E-state index is -1.27. The minimum absolute atomic E-state index is 0.0538. The van der Waals surface area contributed by atoms with Gasteiger partial charge in [-0.25, -0.2) is 0 Å². The molecule has 0 saturated carbocycles. The average Bonchev–Trinajstić information content (AvgIpc) is 3.36. The molecule has 246 valence electrons. The number of phenolic OH excluding ortho intramolecular Hbond substituents is 1. The van der Waals surface area contributed by atoms with Gasteiger partial charge in [0.2, 0.25) is 12.2 Å². The molecular formula is C34H36N4O9. The second kappa shape index (κ2) is 14.4. The molecule has 13 heteroatoms. The van der Waals surface area contributed by atoms with Crippen molar-refractivity contribution in [2.75, 3.05) is 36.6 Å². The number of ether oxygens (including phenoxy) is 3. The quantitative estimate of drug-likeness (QED) is 0.281. The smallest absolute Gasteiger partial charge is 0.310 e. The van der Waals surface area contributed by atoms with E-state index in [0.29, 0.717) is 16.8 Å². The normalized spacial score (nSPS) is 19.1. The van der Waals surface area contributed by atoms with E-state index in [1.807, 2.05) is 30.3 Å². The maximum Gasteiger partial charge on any atom is 0.310 e. The van der Waals surface area contributed by atoms with E-state index in [9.17, 15) is 29.1 Å². The zero-order valence-electron chi connectivity index (χ0n) is 26.2. The summed E-state index contributed by atoms with van der Waals surface area (Å²) < 4.78 is 16.2. The highest BCUT2D eigenvalue weighted by atomic mass is 16.7. The summed E-state index contributed by atoms with van der Waals surface area (Å²) in [7, 11) is 1.37. The fourth-order valence-corrected chi connectivity index (χ4v) is 5.58. The van der Waals surface area contributed by atoms with Crippen molar-refractivity contribution in [1.82, 2.24) is 10.6 Å². The Kier molecular flexibility index (Phi) is 10.2. The molecule has 0 bridgehead atoms. The molecule has 47 heavy (non-hydrogen) atoms. The molecule has 13 nitrogen and oxygen atoms in total. The summed E-state index contributed by atoms with van der Waals surface area (Å²) in [5.74, 6) is -2.82. The van der Waals surface area contributed by atoms with Crippen molar-refractivity contribution in [1.29, 1.82) is 0 Å². The van der Waals surface area contributed by atoms with E-state index in [1.165, 1.54) is 29.0 Å². The fraction of sp³-hybridized carbons (Fsp3) is 0.324. The van der Waals surface area contributed by atoms with Crippen LogP contribution in [-0.4, -0.2) is 79.9 Å². The van der Waals surface area contributed by atoms with Crippen LogP contribution in [0.1, 0.15) is 33.5 Å². The first-order valence-corrected chi connectivity index (χ1v) is 15.0. The summed E-state index contributed by atoms with van der Waals surface area (Å²) >= 11 is 0. The van der Waals surface area contributed by atoms with Gasteiger partial charge < -0.3 is 34.9 Å². The number of nitrogens with zero attached hydrogens (tertiary/aromatic N) is 2. The second-order valence-corrected chi connectivity index (χ2v) is 11.4. The van der Waals surface area contributed by atoms with E-state index in [-0.39, 0.29) is 43.2 Å². The van der Waals surface area contributed by atoms with Crippen LogP contribution in [0.5, 0.6) is 5.75 Å². The molecule has 1 fully saturated rings. The Labute approximate surface area is 271 Å². The molecule has 2 heterocycles. The van der Waals surface area contributed by atoms with Crippen molar-refractivity contribution in [2.45, 2.75) is 45.2 Å². The monoisotopic (exact) mass is 644 g/mol. The number of fused-ring (bicyclic) bond motifs is 1. The summed E-state index contributed by atoms with van der Waals surface area (Å²) in [5.41, 5.74) is 2.62. The predicted molar refractivity (Wildman–Crippen MR) is 170 cm³/mol. The first-order valence-electron chi connectivity index (χ1n) is 15.0. The topological polar surface area (TPSA) is 164 Å². The summed E-state index contributed by atoms with van der Waals surface area (Å²) in [6.45, 7) is 2.42. The summed E-state index contributed by atoms with van der Waals surface area (Å²) in [6, 6.07) is 16.8. The summed E-state index contributed by atoms with van der Waals surface area (Å²) in [4.78, 5) is 69.0. The first-order chi connectivity index (χ1) is 22.5. The lowest BCUT2D eigenvalue weighted by atomic mass is 10.0. The molecule has 0 aromatic heterocycles. The lowest BCUT2D eigenvalue weighted by molar-refractivity contribution is -0.168. The number of aryl methyl sites for hydroxylation is 2. The molecule has 1 unspecified atom stereocenters. The highest BCUT2D eigenvalue weighted by molar-refractivity contribution is 6.11. The van der Waals surface area contributed by atoms with E-state index in [1.54, 1.807) is 38.1 Å². The number of benzene rings is 3. The van der Waals surface area contributed by atoms with E-state index in [4.69, 9.17) is 14.2 Å². The largest absolute Gasteiger partial charge is 0.507 e. The van der Waals surface area contributed by atoms with E-state index in [0.717, 1.165) is 5.56 Å². The number of hydrogen-bond donors (Lipinski definition) is 3. The number of anilines is 2. The molecule has 0 aliphatic carbocycles. The molecule has 1 saturated heterocycles. The number of nitrogens with one attached hydrogen (secondary N) is 2. The van der Waals surface area contributed by atoms with E-state index < -0.39 is 54.5 Å². The van der Waals surface area contributed by atoms with Gasteiger partial charge in [-0.15, -0.1) is 0 Å². The van der Waals surface area contributed by atoms with Gasteiger partial charge in [-0.1, -0.05) is 42.5 Å². The predicted octanol–water partition coefficient (Wildman–Crippen LogP) is 2.11. The third kappa shape index (κ3) is 7.59. The Balaban J connectivity index is 1.39. The molecule has 4 amide bonds. The number of rotatable bonds is 10. The van der Waals surface area contributed by atoms with Crippen molar-refractivity contribution in [2.24, 2.45) is 0 Å². The maximum absolute atomic E-state index is 14.2. The Hall–Kier alpha value is -5.27. The van der Waals surface area contributed by atoms with Crippen LogP contribution in [-0.2, 0) is 40.0 Å². The number of aromatic hydroxyl groups is 1. The van der Waals surface area contributed by atoms with Crippen LogP contribution in [0, 0.1) is 13.8 Å². The number of esters is 1. The number of phenols is 1. The van der Waals surface area contributed by atoms with Crippen molar-refractivity contribution in [3.05, 3.63) is 89.0 Å². The van der Waals surface area contributed by atoms with Crippen LogP contribution >= 0.6 is 0 Å². The number of para-hydroxylation sites is 2. The maximum atomic E-state index is 14.2. The zero-order valence-corrected chi connectivity index (χ0v) is 26.2. The first kappa shape index (κ1) is 33.1. The van der Waals surface area contributed by atoms with Gasteiger partial charge >= 0.3 is 5.97 Å². The Bertz CT molecular complexity index is 1660. The molecule has 2 aliphatic heterocycles. The number of carbonyl (C=O) groups excluding carboxylic acids is 5. The SMILES string of the molecule is COCC(=O)N1C[C@H](NC(=O)c2cc(C)c(O)c(C)c2)C(=O)N(CC(=O)N[C@H]2CC(=O)OC2OCc2ccccc2)c2ccccc21. The number of carbonyl (C=O) groups is 5. The fourth-order valence-electron chi connectivity index (χ4n) is 5.58. The highest BCUT2D eigenvalue weighted by Crippen LogP contribution is 2.33. The molecule has 3 atom stereocenters. The van der Waals surface area contributed by atoms with E-state index >= 15 is 0 Å². The standard InChI is InChI=1S/C34H36N4O9/c1-20-13-23(14-21(2)31(20)42)32(43)36-25-16-37(29(40)19-45-3)26-11-7-8-12-27(26)38(33(25)44)17-28(39)35-24-15-30(41)47-34(24)46-18-22-9-5-4-6-10-22/h4-14,24-25,34,42H,15-19H2,1-3H3,(H,35,39)(H,36,43)/t24-,25-,34?/m0/s1. The number of amides is 4.